The molecule has 1 aromatic carbocycles. The van der Waals surface area contributed by atoms with Crippen molar-refractivity contribution in [1.82, 2.24) is 5.32 Å². The average Bonchev–Trinajstić information content (AvgIpc) is 2.97. The van der Waals surface area contributed by atoms with Crippen LogP contribution in [0.25, 0.3) is 0 Å². The van der Waals surface area contributed by atoms with Gasteiger partial charge in [-0.15, -0.1) is 0 Å². The molecule has 1 aromatic rings. The van der Waals surface area contributed by atoms with Crippen LogP contribution in [-0.4, -0.2) is 20.8 Å². The summed E-state index contributed by atoms with van der Waals surface area (Å²) in [5, 5.41) is 4.22. The van der Waals surface area contributed by atoms with Crippen LogP contribution in [0.5, 0.6) is 11.5 Å². The zero-order valence-electron chi connectivity index (χ0n) is 12.5. The molecule has 1 fully saturated rings. The second-order valence-corrected chi connectivity index (χ2v) is 5.73. The van der Waals surface area contributed by atoms with Crippen LogP contribution in [0.3, 0.4) is 0 Å². The molecule has 1 saturated carbocycles. The summed E-state index contributed by atoms with van der Waals surface area (Å²) >= 11 is 6.33. The van der Waals surface area contributed by atoms with Crippen molar-refractivity contribution in [3.63, 3.8) is 0 Å². The lowest BCUT2D eigenvalue weighted by Crippen LogP contribution is -2.27. The van der Waals surface area contributed by atoms with Gasteiger partial charge in [0.2, 0.25) is 0 Å². The number of methoxy groups -OCH3 is 2. The molecule has 0 amide bonds. The van der Waals surface area contributed by atoms with Crippen molar-refractivity contribution in [2.24, 2.45) is 5.92 Å². The van der Waals surface area contributed by atoms with Gasteiger partial charge in [0.05, 0.1) is 19.2 Å². The molecule has 4 heteroatoms. The van der Waals surface area contributed by atoms with Crippen molar-refractivity contribution in [2.75, 3.05) is 20.8 Å². The Balaban J connectivity index is 2.34. The highest BCUT2D eigenvalue weighted by Crippen LogP contribution is 2.41. The largest absolute Gasteiger partial charge is 0.493 e. The first kappa shape index (κ1) is 15.5. The molecular weight excluding hydrogens is 274 g/mol. The Hall–Kier alpha value is -0.930. The Kier molecular flexibility index (Phi) is 5.55. The average molecular weight is 298 g/mol. The van der Waals surface area contributed by atoms with Crippen LogP contribution in [-0.2, 0) is 0 Å². The number of nitrogens with one attached hydrogen (secondary N) is 1. The van der Waals surface area contributed by atoms with Gasteiger partial charge in [-0.25, -0.2) is 0 Å². The Morgan fingerprint density at radius 1 is 1.25 bits per heavy atom. The van der Waals surface area contributed by atoms with Gasteiger partial charge in [0, 0.05) is 6.04 Å². The van der Waals surface area contributed by atoms with E-state index in [0.29, 0.717) is 28.5 Å². The van der Waals surface area contributed by atoms with Crippen molar-refractivity contribution >= 4 is 11.6 Å². The number of hydrogen-bond donors (Lipinski definition) is 1. The van der Waals surface area contributed by atoms with E-state index >= 15 is 0 Å². The van der Waals surface area contributed by atoms with E-state index in [-0.39, 0.29) is 0 Å². The van der Waals surface area contributed by atoms with Gasteiger partial charge in [-0.2, -0.15) is 0 Å². The van der Waals surface area contributed by atoms with Gasteiger partial charge in [0.1, 0.15) is 0 Å². The molecule has 0 aromatic heterocycles. The molecule has 1 unspecified atom stereocenters. The summed E-state index contributed by atoms with van der Waals surface area (Å²) in [6.07, 6.45) is 5.22. The Morgan fingerprint density at radius 3 is 2.50 bits per heavy atom. The first-order valence-electron chi connectivity index (χ1n) is 7.36. The topological polar surface area (TPSA) is 30.5 Å². The highest BCUT2D eigenvalue weighted by atomic mass is 35.5. The predicted molar refractivity (Wildman–Crippen MR) is 82.9 cm³/mol. The van der Waals surface area contributed by atoms with Gasteiger partial charge in [0.25, 0.3) is 0 Å². The standard InChI is InChI=1S/C16H24ClNO2/c1-4-18-15(11-7-5-6-8-11)12-9-13(17)16(20-3)14(10-12)19-2/h9-11,15,18H,4-8H2,1-3H3. The maximum absolute atomic E-state index is 6.33. The number of hydrogen-bond acceptors (Lipinski definition) is 3. The summed E-state index contributed by atoms with van der Waals surface area (Å²) in [6, 6.07) is 4.41. The van der Waals surface area contributed by atoms with Crippen molar-refractivity contribution in [3.05, 3.63) is 22.7 Å². The second-order valence-electron chi connectivity index (χ2n) is 5.32. The van der Waals surface area contributed by atoms with Crippen LogP contribution >= 0.6 is 11.6 Å². The van der Waals surface area contributed by atoms with Crippen LogP contribution in [0.4, 0.5) is 0 Å². The molecule has 0 spiro atoms. The maximum atomic E-state index is 6.33. The van der Waals surface area contributed by atoms with Gasteiger partial charge >= 0.3 is 0 Å². The predicted octanol–water partition coefficient (Wildman–Crippen LogP) is 4.20. The molecule has 0 radical (unpaired) electrons. The summed E-state index contributed by atoms with van der Waals surface area (Å²) in [5.41, 5.74) is 1.20. The minimum atomic E-state index is 0.347. The van der Waals surface area contributed by atoms with E-state index in [1.807, 2.05) is 6.07 Å². The van der Waals surface area contributed by atoms with Crippen LogP contribution in [0.2, 0.25) is 5.02 Å². The summed E-state index contributed by atoms with van der Waals surface area (Å²) in [7, 11) is 3.26. The summed E-state index contributed by atoms with van der Waals surface area (Å²) < 4.78 is 10.7. The van der Waals surface area contributed by atoms with E-state index in [1.165, 1.54) is 31.2 Å². The maximum Gasteiger partial charge on any atom is 0.179 e. The van der Waals surface area contributed by atoms with Crippen LogP contribution in [0, 0.1) is 5.92 Å². The third-order valence-electron chi connectivity index (χ3n) is 4.11. The molecule has 1 aliphatic carbocycles. The SMILES string of the molecule is CCNC(c1cc(Cl)c(OC)c(OC)c1)C1CCCC1. The van der Waals surface area contributed by atoms with E-state index in [0.717, 1.165) is 6.54 Å². The number of benzene rings is 1. The molecule has 0 saturated heterocycles. The smallest absolute Gasteiger partial charge is 0.179 e. The summed E-state index contributed by atoms with van der Waals surface area (Å²) in [5.74, 6) is 2.00. The molecule has 0 heterocycles. The number of halogens is 1. The minimum absolute atomic E-state index is 0.347. The lowest BCUT2D eigenvalue weighted by atomic mass is 9.91. The second kappa shape index (κ2) is 7.19. The van der Waals surface area contributed by atoms with Crippen LogP contribution in [0.1, 0.15) is 44.2 Å². The minimum Gasteiger partial charge on any atom is -0.493 e. The molecule has 3 nitrogen and oxygen atoms in total. The molecule has 0 aliphatic heterocycles. The molecule has 2 rings (SSSR count). The fraction of sp³-hybridized carbons (Fsp3) is 0.625. The van der Waals surface area contributed by atoms with E-state index in [4.69, 9.17) is 21.1 Å². The third-order valence-corrected chi connectivity index (χ3v) is 4.39. The monoisotopic (exact) mass is 297 g/mol. The fourth-order valence-electron chi connectivity index (χ4n) is 3.18. The zero-order chi connectivity index (χ0) is 14.5. The van der Waals surface area contributed by atoms with Crippen LogP contribution in [0.15, 0.2) is 12.1 Å². The Morgan fingerprint density at radius 2 is 1.95 bits per heavy atom. The normalized spacial score (nSPS) is 17.2. The van der Waals surface area contributed by atoms with E-state index in [1.54, 1.807) is 14.2 Å². The van der Waals surface area contributed by atoms with Crippen molar-refractivity contribution in [1.29, 1.82) is 0 Å². The first-order valence-corrected chi connectivity index (χ1v) is 7.73. The van der Waals surface area contributed by atoms with E-state index in [9.17, 15) is 0 Å². The van der Waals surface area contributed by atoms with Gasteiger partial charge in [-0.1, -0.05) is 31.4 Å². The van der Waals surface area contributed by atoms with Gasteiger partial charge in [-0.3, -0.25) is 0 Å². The highest BCUT2D eigenvalue weighted by Gasteiger charge is 2.27. The van der Waals surface area contributed by atoms with Crippen molar-refractivity contribution < 1.29 is 9.47 Å². The van der Waals surface area contributed by atoms with Crippen molar-refractivity contribution in [3.8, 4) is 11.5 Å². The van der Waals surface area contributed by atoms with Gasteiger partial charge in [-0.05, 0) is 43.0 Å². The first-order chi connectivity index (χ1) is 9.71. The molecule has 20 heavy (non-hydrogen) atoms. The molecule has 0 bridgehead atoms. The summed E-state index contributed by atoms with van der Waals surface area (Å²) in [4.78, 5) is 0. The van der Waals surface area contributed by atoms with E-state index in [2.05, 4.69) is 18.3 Å². The molecule has 1 aliphatic rings. The molecular formula is C16H24ClNO2. The van der Waals surface area contributed by atoms with Crippen LogP contribution < -0.4 is 14.8 Å². The van der Waals surface area contributed by atoms with Gasteiger partial charge in [0.15, 0.2) is 11.5 Å². The van der Waals surface area contributed by atoms with Gasteiger partial charge < -0.3 is 14.8 Å². The highest BCUT2D eigenvalue weighted by molar-refractivity contribution is 6.32. The zero-order valence-corrected chi connectivity index (χ0v) is 13.3. The lowest BCUT2D eigenvalue weighted by Gasteiger charge is -2.26. The lowest BCUT2D eigenvalue weighted by molar-refractivity contribution is 0.348. The number of ether oxygens (including phenoxy) is 2. The van der Waals surface area contributed by atoms with E-state index < -0.39 is 0 Å². The molecule has 1 atom stereocenters. The number of rotatable bonds is 6. The molecule has 1 N–H and O–H groups in total. The Labute approximate surface area is 126 Å². The van der Waals surface area contributed by atoms with Crippen molar-refractivity contribution in [2.45, 2.75) is 38.6 Å². The quantitative estimate of drug-likeness (QED) is 0.853. The fourth-order valence-corrected chi connectivity index (χ4v) is 3.48. The molecule has 112 valence electrons. The summed E-state index contributed by atoms with van der Waals surface area (Å²) in [6.45, 7) is 3.09. The Bertz CT molecular complexity index is 444. The third kappa shape index (κ3) is 3.21.